The van der Waals surface area contributed by atoms with E-state index in [9.17, 15) is 0 Å². The Kier molecular flexibility index (Phi) is 2.75. The molecular formula is C21H22N2. The van der Waals surface area contributed by atoms with Gasteiger partial charge in [-0.1, -0.05) is 42.0 Å². The van der Waals surface area contributed by atoms with Crippen LogP contribution in [-0.2, 0) is 13.1 Å². The van der Waals surface area contributed by atoms with E-state index in [1.807, 2.05) is 0 Å². The summed E-state index contributed by atoms with van der Waals surface area (Å²) in [6.07, 6.45) is 0. The Morgan fingerprint density at radius 2 is 1.78 bits per heavy atom. The first kappa shape index (κ1) is 13.4. The zero-order valence-corrected chi connectivity index (χ0v) is 13.8. The highest BCUT2D eigenvalue weighted by Crippen LogP contribution is 2.48. The molecule has 0 saturated carbocycles. The van der Waals surface area contributed by atoms with E-state index in [0.717, 1.165) is 13.1 Å². The monoisotopic (exact) mass is 302 g/mol. The van der Waals surface area contributed by atoms with Gasteiger partial charge in [-0.25, -0.2) is 0 Å². The second-order valence-electron chi connectivity index (χ2n) is 7.32. The molecule has 3 heterocycles. The summed E-state index contributed by atoms with van der Waals surface area (Å²) in [5.41, 5.74) is 7.46. The zero-order valence-electron chi connectivity index (χ0n) is 13.8. The van der Waals surface area contributed by atoms with Gasteiger partial charge in [0.2, 0.25) is 0 Å². The molecule has 0 amide bonds. The Labute approximate surface area is 137 Å². The molecule has 2 aromatic carbocycles. The minimum atomic E-state index is 0.610. The van der Waals surface area contributed by atoms with E-state index in [1.54, 1.807) is 11.3 Å². The van der Waals surface area contributed by atoms with Crippen LogP contribution >= 0.6 is 0 Å². The number of fused-ring (bicyclic) bond motifs is 3. The first-order valence-corrected chi connectivity index (χ1v) is 8.57. The van der Waals surface area contributed by atoms with Crippen LogP contribution in [0.15, 0.2) is 48.5 Å². The molecule has 0 bridgehead atoms. The van der Waals surface area contributed by atoms with Crippen molar-refractivity contribution in [1.29, 1.82) is 0 Å². The van der Waals surface area contributed by atoms with Gasteiger partial charge in [-0.2, -0.15) is 0 Å². The van der Waals surface area contributed by atoms with E-state index in [1.165, 1.54) is 28.6 Å². The SMILES string of the molecule is Cc1ccc2c(c1)c1c3n2CC(c2ccccc2)C3CN(C)C1. The second-order valence-corrected chi connectivity index (χ2v) is 7.32. The van der Waals surface area contributed by atoms with Crippen molar-refractivity contribution < 1.29 is 0 Å². The number of rotatable bonds is 1. The number of hydrogen-bond donors (Lipinski definition) is 0. The fourth-order valence-electron chi connectivity index (χ4n) is 4.78. The quantitative estimate of drug-likeness (QED) is 0.651. The Bertz CT molecular complexity index is 891. The molecule has 23 heavy (non-hydrogen) atoms. The van der Waals surface area contributed by atoms with Crippen LogP contribution in [0.4, 0.5) is 0 Å². The number of benzene rings is 2. The third-order valence-corrected chi connectivity index (χ3v) is 5.75. The van der Waals surface area contributed by atoms with Crippen LogP contribution in [0.1, 0.15) is 34.2 Å². The third-order valence-electron chi connectivity index (χ3n) is 5.75. The van der Waals surface area contributed by atoms with Crippen LogP contribution in [0, 0.1) is 6.92 Å². The second kappa shape index (κ2) is 4.72. The van der Waals surface area contributed by atoms with Crippen LogP contribution in [-0.4, -0.2) is 23.1 Å². The van der Waals surface area contributed by atoms with Crippen molar-refractivity contribution >= 4 is 10.9 Å². The minimum absolute atomic E-state index is 0.610. The van der Waals surface area contributed by atoms with Gasteiger partial charge in [0.15, 0.2) is 0 Å². The van der Waals surface area contributed by atoms with Crippen molar-refractivity contribution in [3.05, 3.63) is 70.9 Å². The molecule has 2 aliphatic heterocycles. The molecule has 0 fully saturated rings. The highest BCUT2D eigenvalue weighted by molar-refractivity contribution is 5.87. The van der Waals surface area contributed by atoms with E-state index < -0.39 is 0 Å². The molecule has 2 aliphatic rings. The van der Waals surface area contributed by atoms with Gasteiger partial charge in [-0.3, -0.25) is 0 Å². The van der Waals surface area contributed by atoms with Gasteiger partial charge in [-0.05, 0) is 37.2 Å². The smallest absolute Gasteiger partial charge is 0.0486 e. The van der Waals surface area contributed by atoms with Gasteiger partial charge < -0.3 is 9.47 Å². The summed E-state index contributed by atoms with van der Waals surface area (Å²) in [4.78, 5) is 2.50. The Morgan fingerprint density at radius 1 is 0.957 bits per heavy atom. The van der Waals surface area contributed by atoms with Crippen molar-refractivity contribution in [2.24, 2.45) is 0 Å². The zero-order chi connectivity index (χ0) is 15.6. The molecule has 0 aliphatic carbocycles. The summed E-state index contributed by atoms with van der Waals surface area (Å²) < 4.78 is 2.61. The first-order valence-electron chi connectivity index (χ1n) is 8.57. The maximum Gasteiger partial charge on any atom is 0.0486 e. The summed E-state index contributed by atoms with van der Waals surface area (Å²) >= 11 is 0. The average molecular weight is 302 g/mol. The predicted octanol–water partition coefficient (Wildman–Crippen LogP) is 4.28. The van der Waals surface area contributed by atoms with Gasteiger partial charge >= 0.3 is 0 Å². The molecular weight excluding hydrogens is 280 g/mol. The summed E-state index contributed by atoms with van der Waals surface area (Å²) in [5.74, 6) is 1.23. The minimum Gasteiger partial charge on any atom is -0.343 e. The lowest BCUT2D eigenvalue weighted by molar-refractivity contribution is 0.273. The molecule has 1 aromatic heterocycles. The average Bonchev–Trinajstić information content (AvgIpc) is 3.07. The Balaban J connectivity index is 1.73. The van der Waals surface area contributed by atoms with E-state index in [0.29, 0.717) is 11.8 Å². The van der Waals surface area contributed by atoms with Crippen molar-refractivity contribution in [3.63, 3.8) is 0 Å². The number of nitrogens with zero attached hydrogens (tertiary/aromatic N) is 2. The molecule has 2 nitrogen and oxygen atoms in total. The van der Waals surface area contributed by atoms with Gasteiger partial charge in [0, 0.05) is 48.1 Å². The van der Waals surface area contributed by atoms with Crippen LogP contribution in [0.3, 0.4) is 0 Å². The summed E-state index contributed by atoms with van der Waals surface area (Å²) in [6.45, 7) is 5.57. The van der Waals surface area contributed by atoms with Gasteiger partial charge in [0.05, 0.1) is 0 Å². The largest absolute Gasteiger partial charge is 0.343 e. The number of likely N-dealkylation sites (N-methyl/N-ethyl adjacent to an activating group) is 1. The number of aryl methyl sites for hydroxylation is 1. The van der Waals surface area contributed by atoms with Crippen molar-refractivity contribution in [3.8, 4) is 0 Å². The molecule has 0 N–H and O–H groups in total. The van der Waals surface area contributed by atoms with Crippen molar-refractivity contribution in [2.75, 3.05) is 13.6 Å². The maximum absolute atomic E-state index is 2.61. The van der Waals surface area contributed by atoms with Gasteiger partial charge in [0.25, 0.3) is 0 Å². The molecule has 0 spiro atoms. The lowest BCUT2D eigenvalue weighted by atomic mass is 9.82. The molecule has 2 atom stereocenters. The molecule has 0 saturated heterocycles. The van der Waals surface area contributed by atoms with Gasteiger partial charge in [0.1, 0.15) is 0 Å². The van der Waals surface area contributed by atoms with Crippen molar-refractivity contribution in [1.82, 2.24) is 9.47 Å². The highest BCUT2D eigenvalue weighted by atomic mass is 15.1. The first-order chi connectivity index (χ1) is 11.2. The lowest BCUT2D eigenvalue weighted by Gasteiger charge is -2.31. The van der Waals surface area contributed by atoms with E-state index in [2.05, 4.69) is 72.0 Å². The van der Waals surface area contributed by atoms with Crippen molar-refractivity contribution in [2.45, 2.75) is 31.8 Å². The Morgan fingerprint density at radius 3 is 2.61 bits per heavy atom. The standard InChI is InChI=1S/C21H22N2/c1-14-8-9-20-16(10-14)18-11-22(2)12-19-17(13-23(20)21(18)19)15-6-4-3-5-7-15/h3-10,17,19H,11-13H2,1-2H3. The molecule has 0 radical (unpaired) electrons. The maximum atomic E-state index is 2.61. The normalized spacial score (nSPS) is 23.4. The predicted molar refractivity (Wildman–Crippen MR) is 94.9 cm³/mol. The van der Waals surface area contributed by atoms with E-state index >= 15 is 0 Å². The summed E-state index contributed by atoms with van der Waals surface area (Å²) in [7, 11) is 2.27. The molecule has 3 aromatic rings. The fourth-order valence-corrected chi connectivity index (χ4v) is 4.78. The van der Waals surface area contributed by atoms with Gasteiger partial charge in [-0.15, -0.1) is 0 Å². The Hall–Kier alpha value is -2.06. The van der Waals surface area contributed by atoms with Crippen LogP contribution in [0.2, 0.25) is 0 Å². The van der Waals surface area contributed by atoms with Crippen LogP contribution in [0.5, 0.6) is 0 Å². The topological polar surface area (TPSA) is 8.17 Å². The highest BCUT2D eigenvalue weighted by Gasteiger charge is 2.40. The number of hydrogen-bond acceptors (Lipinski definition) is 1. The molecule has 5 rings (SSSR count). The molecule has 2 unspecified atom stereocenters. The van der Waals surface area contributed by atoms with E-state index in [-0.39, 0.29) is 0 Å². The van der Waals surface area contributed by atoms with Crippen LogP contribution in [0.25, 0.3) is 10.9 Å². The summed E-state index contributed by atoms with van der Waals surface area (Å²) in [6, 6.07) is 18.0. The van der Waals surface area contributed by atoms with Crippen LogP contribution < -0.4 is 0 Å². The third kappa shape index (κ3) is 1.85. The lowest BCUT2D eigenvalue weighted by Crippen LogP contribution is -2.31. The number of aromatic nitrogens is 1. The molecule has 116 valence electrons. The molecule has 2 heteroatoms. The summed E-state index contributed by atoms with van der Waals surface area (Å²) in [5, 5.41) is 1.48. The fraction of sp³-hybridized carbons (Fsp3) is 0.333. The van der Waals surface area contributed by atoms with E-state index in [4.69, 9.17) is 0 Å².